The Hall–Kier alpha value is -2.09. The number of carbonyl (C=O) groups is 1. The van der Waals surface area contributed by atoms with Crippen LogP contribution < -0.4 is 9.64 Å². The fourth-order valence-electron chi connectivity index (χ4n) is 3.47. The van der Waals surface area contributed by atoms with E-state index >= 15 is 0 Å². The maximum Gasteiger partial charge on any atom is 0.260 e. The van der Waals surface area contributed by atoms with Gasteiger partial charge in [0.05, 0.1) is 10.4 Å². The van der Waals surface area contributed by atoms with Crippen molar-refractivity contribution >= 4 is 56.5 Å². The van der Waals surface area contributed by atoms with Gasteiger partial charge in [0, 0.05) is 36.1 Å². The van der Waals surface area contributed by atoms with Crippen molar-refractivity contribution in [2.75, 3.05) is 37.7 Å². The standard InChI is InChI=1S/C21H22Cl2N4O2S/c1-3-15-11-16-20(24-13(2)25-21(16)30-15)27-8-6-26(7-9-27)19(28)12-29-18-5-4-14(22)10-17(18)23/h4-5,10-11H,3,6-9,12H2,1-2H3. The van der Waals surface area contributed by atoms with Gasteiger partial charge in [0.25, 0.3) is 5.91 Å². The van der Waals surface area contributed by atoms with Crippen molar-refractivity contribution in [3.8, 4) is 5.75 Å². The highest BCUT2D eigenvalue weighted by Gasteiger charge is 2.24. The minimum atomic E-state index is -0.0616. The van der Waals surface area contributed by atoms with Gasteiger partial charge in [-0.2, -0.15) is 0 Å². The normalized spacial score (nSPS) is 14.4. The van der Waals surface area contributed by atoms with Gasteiger partial charge < -0.3 is 14.5 Å². The van der Waals surface area contributed by atoms with Crippen LogP contribution in [0.2, 0.25) is 10.0 Å². The van der Waals surface area contributed by atoms with Crippen LogP contribution >= 0.6 is 34.5 Å². The molecule has 0 unspecified atom stereocenters. The van der Waals surface area contributed by atoms with E-state index in [0.717, 1.165) is 41.4 Å². The molecule has 3 heterocycles. The van der Waals surface area contributed by atoms with E-state index in [2.05, 4.69) is 22.9 Å². The smallest absolute Gasteiger partial charge is 0.260 e. The zero-order valence-corrected chi connectivity index (χ0v) is 19.1. The van der Waals surface area contributed by atoms with Crippen molar-refractivity contribution < 1.29 is 9.53 Å². The highest BCUT2D eigenvalue weighted by molar-refractivity contribution is 7.18. The van der Waals surface area contributed by atoms with Crippen molar-refractivity contribution in [3.63, 3.8) is 0 Å². The number of fused-ring (bicyclic) bond motifs is 1. The number of thiophene rings is 1. The van der Waals surface area contributed by atoms with E-state index in [9.17, 15) is 4.79 Å². The first-order chi connectivity index (χ1) is 14.4. The fraction of sp³-hybridized carbons (Fsp3) is 0.381. The maximum atomic E-state index is 12.6. The highest BCUT2D eigenvalue weighted by atomic mass is 35.5. The molecule has 1 fully saturated rings. The number of hydrogen-bond donors (Lipinski definition) is 0. The molecule has 158 valence electrons. The molecule has 4 rings (SSSR count). The predicted molar refractivity (Wildman–Crippen MR) is 122 cm³/mol. The van der Waals surface area contributed by atoms with Gasteiger partial charge in [-0.3, -0.25) is 4.79 Å². The summed E-state index contributed by atoms with van der Waals surface area (Å²) in [6.45, 7) is 6.69. The summed E-state index contributed by atoms with van der Waals surface area (Å²) in [5, 5.41) is 2.02. The summed E-state index contributed by atoms with van der Waals surface area (Å²) in [6.07, 6.45) is 0.986. The summed E-state index contributed by atoms with van der Waals surface area (Å²) in [7, 11) is 0. The molecule has 1 aliphatic rings. The van der Waals surface area contributed by atoms with E-state index < -0.39 is 0 Å². The van der Waals surface area contributed by atoms with Gasteiger partial charge >= 0.3 is 0 Å². The summed E-state index contributed by atoms with van der Waals surface area (Å²) >= 11 is 13.7. The monoisotopic (exact) mass is 464 g/mol. The van der Waals surface area contributed by atoms with E-state index in [1.165, 1.54) is 4.88 Å². The number of carbonyl (C=O) groups excluding carboxylic acids is 1. The second kappa shape index (κ2) is 8.96. The first-order valence-corrected chi connectivity index (χ1v) is 11.4. The Morgan fingerprint density at radius 3 is 2.63 bits per heavy atom. The Morgan fingerprint density at radius 1 is 1.17 bits per heavy atom. The fourth-order valence-corrected chi connectivity index (χ4v) is 4.94. The lowest BCUT2D eigenvalue weighted by Crippen LogP contribution is -2.50. The lowest BCUT2D eigenvalue weighted by Gasteiger charge is -2.35. The average Bonchev–Trinajstić information content (AvgIpc) is 3.15. The van der Waals surface area contributed by atoms with Crippen molar-refractivity contribution in [2.24, 2.45) is 0 Å². The van der Waals surface area contributed by atoms with Gasteiger partial charge in [-0.1, -0.05) is 30.1 Å². The molecule has 0 saturated carbocycles. The summed E-state index contributed by atoms with van der Waals surface area (Å²) in [5.74, 6) is 2.13. The van der Waals surface area contributed by atoms with Crippen LogP contribution in [0.1, 0.15) is 17.6 Å². The largest absolute Gasteiger partial charge is 0.482 e. The molecular formula is C21H22Cl2N4O2S. The van der Waals surface area contributed by atoms with Gasteiger partial charge in [-0.25, -0.2) is 9.97 Å². The first-order valence-electron chi connectivity index (χ1n) is 9.82. The number of ether oxygens (including phenoxy) is 1. The van der Waals surface area contributed by atoms with Gasteiger partial charge in [-0.15, -0.1) is 11.3 Å². The molecule has 0 atom stereocenters. The molecule has 0 aliphatic carbocycles. The maximum absolute atomic E-state index is 12.6. The molecule has 6 nitrogen and oxygen atoms in total. The molecule has 0 radical (unpaired) electrons. The Labute approximate surface area is 189 Å². The van der Waals surface area contributed by atoms with Gasteiger partial charge in [-0.05, 0) is 37.6 Å². The molecule has 1 aromatic carbocycles. The van der Waals surface area contributed by atoms with Gasteiger partial charge in [0.2, 0.25) is 0 Å². The Balaban J connectivity index is 1.39. The number of hydrogen-bond acceptors (Lipinski definition) is 6. The number of aromatic nitrogens is 2. The molecule has 0 bridgehead atoms. The minimum absolute atomic E-state index is 0.0530. The van der Waals surface area contributed by atoms with E-state index in [1.807, 2.05) is 11.8 Å². The second-order valence-corrected chi connectivity index (χ2v) is 9.07. The van der Waals surface area contributed by atoms with Crippen molar-refractivity contribution in [3.05, 3.63) is 45.0 Å². The van der Waals surface area contributed by atoms with Crippen LogP contribution in [0.3, 0.4) is 0 Å². The number of amides is 1. The molecule has 30 heavy (non-hydrogen) atoms. The number of rotatable bonds is 5. The number of anilines is 1. The van der Waals surface area contributed by atoms with Crippen LogP contribution in [0.5, 0.6) is 5.75 Å². The van der Waals surface area contributed by atoms with Crippen LogP contribution in [-0.2, 0) is 11.2 Å². The molecular weight excluding hydrogens is 443 g/mol. The number of benzene rings is 1. The molecule has 9 heteroatoms. The van der Waals surface area contributed by atoms with E-state index in [0.29, 0.717) is 28.9 Å². The molecule has 1 aliphatic heterocycles. The lowest BCUT2D eigenvalue weighted by atomic mass is 10.2. The topological polar surface area (TPSA) is 58.6 Å². The Kier molecular flexibility index (Phi) is 6.32. The third-order valence-electron chi connectivity index (χ3n) is 5.06. The van der Waals surface area contributed by atoms with Gasteiger partial charge in [0.1, 0.15) is 22.2 Å². The highest BCUT2D eigenvalue weighted by Crippen LogP contribution is 2.32. The summed E-state index contributed by atoms with van der Waals surface area (Å²) in [6, 6.07) is 7.14. The van der Waals surface area contributed by atoms with Crippen LogP contribution in [0.4, 0.5) is 5.82 Å². The quantitative estimate of drug-likeness (QED) is 0.552. The zero-order chi connectivity index (χ0) is 21.3. The van der Waals surface area contributed by atoms with Crippen LogP contribution in [-0.4, -0.2) is 53.6 Å². The van der Waals surface area contributed by atoms with Crippen LogP contribution in [0.15, 0.2) is 24.3 Å². The number of nitrogens with zero attached hydrogens (tertiary/aromatic N) is 4. The SMILES string of the molecule is CCc1cc2c(N3CCN(C(=O)COc4ccc(Cl)cc4Cl)CC3)nc(C)nc2s1. The second-order valence-electron chi connectivity index (χ2n) is 7.11. The molecule has 1 amide bonds. The van der Waals surface area contributed by atoms with E-state index in [-0.39, 0.29) is 12.5 Å². The number of halogens is 2. The first kappa shape index (κ1) is 21.2. The summed E-state index contributed by atoms with van der Waals surface area (Å²) in [5.41, 5.74) is 0. The van der Waals surface area contributed by atoms with Crippen LogP contribution in [0.25, 0.3) is 10.2 Å². The minimum Gasteiger partial charge on any atom is -0.482 e. The molecule has 1 saturated heterocycles. The van der Waals surface area contributed by atoms with Crippen molar-refractivity contribution in [2.45, 2.75) is 20.3 Å². The van der Waals surface area contributed by atoms with E-state index in [4.69, 9.17) is 32.9 Å². The summed E-state index contributed by atoms with van der Waals surface area (Å²) in [4.78, 5) is 28.3. The third kappa shape index (κ3) is 4.48. The Bertz CT molecular complexity index is 1080. The predicted octanol–water partition coefficient (Wildman–Crippen LogP) is 4.60. The number of piperazine rings is 1. The molecule has 0 spiro atoms. The number of aryl methyl sites for hydroxylation is 2. The van der Waals surface area contributed by atoms with Crippen molar-refractivity contribution in [1.29, 1.82) is 0 Å². The zero-order valence-electron chi connectivity index (χ0n) is 16.8. The third-order valence-corrected chi connectivity index (χ3v) is 6.76. The molecule has 3 aromatic rings. The van der Waals surface area contributed by atoms with E-state index in [1.54, 1.807) is 29.5 Å². The lowest BCUT2D eigenvalue weighted by molar-refractivity contribution is -0.133. The van der Waals surface area contributed by atoms with Gasteiger partial charge in [0.15, 0.2) is 6.61 Å². The average molecular weight is 465 g/mol. The van der Waals surface area contributed by atoms with Crippen LogP contribution in [0, 0.1) is 6.92 Å². The van der Waals surface area contributed by atoms with Crippen molar-refractivity contribution in [1.82, 2.24) is 14.9 Å². The molecule has 0 N–H and O–H groups in total. The Morgan fingerprint density at radius 2 is 1.93 bits per heavy atom. The molecule has 2 aromatic heterocycles. The summed E-state index contributed by atoms with van der Waals surface area (Å²) < 4.78 is 5.59.